The van der Waals surface area contributed by atoms with Crippen LogP contribution in [0.25, 0.3) is 10.2 Å². The van der Waals surface area contributed by atoms with Gasteiger partial charge in [-0.15, -0.1) is 0 Å². The maximum absolute atomic E-state index is 11.9. The van der Waals surface area contributed by atoms with Crippen molar-refractivity contribution in [3.8, 4) is 0 Å². The summed E-state index contributed by atoms with van der Waals surface area (Å²) in [7, 11) is 0. The number of hydrogen-bond acceptors (Lipinski definition) is 5. The lowest BCUT2D eigenvalue weighted by molar-refractivity contribution is -0.147. The first-order valence-electron chi connectivity index (χ1n) is 8.93. The van der Waals surface area contributed by atoms with Gasteiger partial charge in [-0.3, -0.25) is 14.9 Å². The summed E-state index contributed by atoms with van der Waals surface area (Å²) < 4.78 is 6.11. The number of aryl methyl sites for hydroxylation is 1. The number of thiazole rings is 1. The molecule has 2 aromatic rings. The SMILES string of the molecule is Cc1ccc2nc(NC(=O)COC(=O)CCC3CCCCC3)sc2c1. The number of rotatable bonds is 6. The number of nitrogens with zero attached hydrogens (tertiary/aromatic N) is 1. The maximum atomic E-state index is 11.9. The molecule has 1 aliphatic carbocycles. The van der Waals surface area contributed by atoms with Gasteiger partial charge in [-0.05, 0) is 37.0 Å². The van der Waals surface area contributed by atoms with Crippen molar-refractivity contribution in [1.82, 2.24) is 4.98 Å². The minimum absolute atomic E-state index is 0.252. The van der Waals surface area contributed by atoms with Crippen LogP contribution in [0.1, 0.15) is 50.5 Å². The molecule has 25 heavy (non-hydrogen) atoms. The fourth-order valence-corrected chi connectivity index (χ4v) is 4.24. The second kappa shape index (κ2) is 8.43. The average molecular weight is 360 g/mol. The molecular formula is C19H24N2O3S. The second-order valence-electron chi connectivity index (χ2n) is 6.74. The molecule has 1 saturated carbocycles. The molecule has 6 heteroatoms. The number of esters is 1. The summed E-state index contributed by atoms with van der Waals surface area (Å²) in [6.07, 6.45) is 7.55. The van der Waals surface area contributed by atoms with Crippen LogP contribution >= 0.6 is 11.3 Å². The van der Waals surface area contributed by atoms with Crippen molar-refractivity contribution in [2.24, 2.45) is 5.92 Å². The van der Waals surface area contributed by atoms with Crippen molar-refractivity contribution < 1.29 is 14.3 Å². The summed E-state index contributed by atoms with van der Waals surface area (Å²) in [5, 5.41) is 3.23. The second-order valence-corrected chi connectivity index (χ2v) is 7.77. The van der Waals surface area contributed by atoms with E-state index in [4.69, 9.17) is 4.74 Å². The van der Waals surface area contributed by atoms with E-state index >= 15 is 0 Å². The van der Waals surface area contributed by atoms with Crippen LogP contribution < -0.4 is 5.32 Å². The van der Waals surface area contributed by atoms with Gasteiger partial charge in [-0.25, -0.2) is 4.98 Å². The Morgan fingerprint density at radius 1 is 1.28 bits per heavy atom. The highest BCUT2D eigenvalue weighted by atomic mass is 32.1. The molecule has 0 bridgehead atoms. The van der Waals surface area contributed by atoms with Gasteiger partial charge in [0.2, 0.25) is 0 Å². The first kappa shape index (κ1) is 17.9. The van der Waals surface area contributed by atoms with E-state index < -0.39 is 0 Å². The molecule has 0 unspecified atom stereocenters. The van der Waals surface area contributed by atoms with E-state index in [1.807, 2.05) is 25.1 Å². The van der Waals surface area contributed by atoms with Crippen LogP contribution in [0.3, 0.4) is 0 Å². The average Bonchev–Trinajstić information content (AvgIpc) is 3.00. The third kappa shape index (κ3) is 5.26. The number of ether oxygens (including phenoxy) is 1. The van der Waals surface area contributed by atoms with Gasteiger partial charge < -0.3 is 4.74 Å². The smallest absolute Gasteiger partial charge is 0.306 e. The van der Waals surface area contributed by atoms with E-state index in [9.17, 15) is 9.59 Å². The number of anilines is 1. The minimum atomic E-state index is -0.346. The summed E-state index contributed by atoms with van der Waals surface area (Å²) in [5.41, 5.74) is 2.01. The van der Waals surface area contributed by atoms with Gasteiger partial charge in [0, 0.05) is 6.42 Å². The summed E-state index contributed by atoms with van der Waals surface area (Å²) in [5.74, 6) is 0.00349. The van der Waals surface area contributed by atoms with E-state index in [1.54, 1.807) is 0 Å². The Labute approximate surface area is 151 Å². The molecule has 1 aromatic heterocycles. The number of carbonyl (C=O) groups is 2. The van der Waals surface area contributed by atoms with Crippen LogP contribution in [-0.4, -0.2) is 23.5 Å². The molecule has 3 rings (SSSR count). The zero-order valence-electron chi connectivity index (χ0n) is 14.5. The standard InChI is InChI=1S/C19H24N2O3S/c1-13-7-9-15-16(11-13)25-19(20-15)21-17(22)12-24-18(23)10-8-14-5-3-2-4-6-14/h7,9,11,14H,2-6,8,10,12H2,1H3,(H,20,21,22). The Hall–Kier alpha value is -1.95. The Balaban J connectivity index is 1.41. The molecule has 0 spiro atoms. The Morgan fingerprint density at radius 3 is 2.88 bits per heavy atom. The highest BCUT2D eigenvalue weighted by molar-refractivity contribution is 7.22. The fraction of sp³-hybridized carbons (Fsp3) is 0.526. The van der Waals surface area contributed by atoms with E-state index in [2.05, 4.69) is 10.3 Å². The Kier molecular flexibility index (Phi) is 6.02. The van der Waals surface area contributed by atoms with Crippen LogP contribution in [-0.2, 0) is 14.3 Å². The monoisotopic (exact) mass is 360 g/mol. The maximum Gasteiger partial charge on any atom is 0.306 e. The zero-order chi connectivity index (χ0) is 17.6. The van der Waals surface area contributed by atoms with Gasteiger partial charge in [0.25, 0.3) is 5.91 Å². The van der Waals surface area contributed by atoms with Crippen LogP contribution in [0.4, 0.5) is 5.13 Å². The molecule has 1 amide bonds. The molecule has 1 fully saturated rings. The predicted octanol–water partition coefficient (Wildman–Crippen LogP) is 4.45. The largest absolute Gasteiger partial charge is 0.456 e. The van der Waals surface area contributed by atoms with Crippen molar-refractivity contribution >= 4 is 38.6 Å². The molecule has 134 valence electrons. The van der Waals surface area contributed by atoms with Gasteiger partial charge in [-0.2, -0.15) is 0 Å². The highest BCUT2D eigenvalue weighted by Gasteiger charge is 2.16. The zero-order valence-corrected chi connectivity index (χ0v) is 15.4. The topological polar surface area (TPSA) is 68.3 Å². The Morgan fingerprint density at radius 2 is 2.08 bits per heavy atom. The van der Waals surface area contributed by atoms with E-state index in [0.717, 1.165) is 22.2 Å². The van der Waals surface area contributed by atoms with Gasteiger partial charge in [0.1, 0.15) is 0 Å². The van der Waals surface area contributed by atoms with E-state index in [0.29, 0.717) is 17.5 Å². The first-order valence-corrected chi connectivity index (χ1v) is 9.74. The van der Waals surface area contributed by atoms with Crippen LogP contribution in [0.5, 0.6) is 0 Å². The van der Waals surface area contributed by atoms with Crippen LogP contribution in [0.2, 0.25) is 0 Å². The van der Waals surface area contributed by atoms with E-state index in [-0.39, 0.29) is 18.5 Å². The number of hydrogen-bond donors (Lipinski definition) is 1. The van der Waals surface area contributed by atoms with Gasteiger partial charge in [-0.1, -0.05) is 49.5 Å². The molecular weight excluding hydrogens is 336 g/mol. The molecule has 1 aromatic carbocycles. The molecule has 1 N–H and O–H groups in total. The van der Waals surface area contributed by atoms with Crippen molar-refractivity contribution in [3.05, 3.63) is 23.8 Å². The predicted molar refractivity (Wildman–Crippen MR) is 99.8 cm³/mol. The third-order valence-electron chi connectivity index (χ3n) is 4.64. The summed E-state index contributed by atoms with van der Waals surface area (Å²) >= 11 is 1.42. The quantitative estimate of drug-likeness (QED) is 0.773. The fourth-order valence-electron chi connectivity index (χ4n) is 3.26. The number of fused-ring (bicyclic) bond motifs is 1. The molecule has 1 heterocycles. The third-order valence-corrected chi connectivity index (χ3v) is 5.57. The highest BCUT2D eigenvalue weighted by Crippen LogP contribution is 2.28. The van der Waals surface area contributed by atoms with Gasteiger partial charge in [0.15, 0.2) is 11.7 Å². The lowest BCUT2D eigenvalue weighted by Crippen LogP contribution is -2.21. The number of amides is 1. The minimum Gasteiger partial charge on any atom is -0.456 e. The molecule has 5 nitrogen and oxygen atoms in total. The van der Waals surface area contributed by atoms with Gasteiger partial charge in [0.05, 0.1) is 10.2 Å². The normalized spacial score (nSPS) is 15.2. The number of nitrogens with one attached hydrogen (secondary N) is 1. The number of aromatic nitrogens is 1. The summed E-state index contributed by atoms with van der Waals surface area (Å²) in [6, 6.07) is 5.96. The molecule has 0 aliphatic heterocycles. The van der Waals surface area contributed by atoms with E-state index in [1.165, 1.54) is 43.4 Å². The van der Waals surface area contributed by atoms with Gasteiger partial charge >= 0.3 is 5.97 Å². The number of carbonyl (C=O) groups excluding carboxylic acids is 2. The lowest BCUT2D eigenvalue weighted by atomic mass is 9.86. The van der Waals surface area contributed by atoms with Crippen molar-refractivity contribution in [2.45, 2.75) is 51.9 Å². The van der Waals surface area contributed by atoms with Crippen LogP contribution in [0.15, 0.2) is 18.2 Å². The summed E-state index contributed by atoms with van der Waals surface area (Å²) in [6.45, 7) is 1.77. The molecule has 0 saturated heterocycles. The molecule has 1 aliphatic rings. The van der Waals surface area contributed by atoms with Crippen molar-refractivity contribution in [1.29, 1.82) is 0 Å². The number of benzene rings is 1. The van der Waals surface area contributed by atoms with Crippen molar-refractivity contribution in [3.63, 3.8) is 0 Å². The Bertz CT molecular complexity index is 750. The first-order chi connectivity index (χ1) is 12.1. The van der Waals surface area contributed by atoms with Crippen LogP contribution in [0, 0.1) is 12.8 Å². The molecule has 0 radical (unpaired) electrons. The van der Waals surface area contributed by atoms with Crippen molar-refractivity contribution in [2.75, 3.05) is 11.9 Å². The summed E-state index contributed by atoms with van der Waals surface area (Å²) in [4.78, 5) is 28.1. The lowest BCUT2D eigenvalue weighted by Gasteiger charge is -2.20. The molecule has 0 atom stereocenters.